The fourth-order valence-corrected chi connectivity index (χ4v) is 1.25. The van der Waals surface area contributed by atoms with E-state index in [9.17, 15) is 4.79 Å². The Morgan fingerprint density at radius 1 is 1.36 bits per heavy atom. The van der Waals surface area contributed by atoms with Gasteiger partial charge in [-0.2, -0.15) is 0 Å². The summed E-state index contributed by atoms with van der Waals surface area (Å²) in [6.07, 6.45) is 3.30. The van der Waals surface area contributed by atoms with Crippen molar-refractivity contribution >= 4 is 5.91 Å². The molecule has 0 aromatic rings. The molecule has 1 amide bonds. The van der Waals surface area contributed by atoms with E-state index < -0.39 is 0 Å². The van der Waals surface area contributed by atoms with Crippen molar-refractivity contribution in [3.63, 3.8) is 0 Å². The zero-order chi connectivity index (χ0) is 11.0. The highest BCUT2D eigenvalue weighted by molar-refractivity contribution is 5.92. The van der Waals surface area contributed by atoms with Gasteiger partial charge in [-0.15, -0.1) is 0 Å². The molecule has 14 heavy (non-hydrogen) atoms. The van der Waals surface area contributed by atoms with Gasteiger partial charge in [-0.3, -0.25) is 4.79 Å². The van der Waals surface area contributed by atoms with E-state index >= 15 is 0 Å². The van der Waals surface area contributed by atoms with E-state index in [1.54, 1.807) is 4.90 Å². The van der Waals surface area contributed by atoms with E-state index in [4.69, 9.17) is 5.11 Å². The molecule has 0 aromatic heterocycles. The number of carbonyl (C=O) groups excluding carboxylic acids is 1. The average molecular weight is 199 g/mol. The van der Waals surface area contributed by atoms with Crippen LogP contribution in [0.3, 0.4) is 0 Å². The fraction of sp³-hybridized carbons (Fsp3) is 0.727. The Balaban J connectivity index is 3.99. The molecule has 0 saturated heterocycles. The molecule has 0 radical (unpaired) electrons. The van der Waals surface area contributed by atoms with Crippen LogP contribution in [0.2, 0.25) is 0 Å². The third-order valence-electron chi connectivity index (χ3n) is 2.19. The van der Waals surface area contributed by atoms with Gasteiger partial charge in [0.15, 0.2) is 0 Å². The second kappa shape index (κ2) is 7.56. The molecular weight excluding hydrogens is 178 g/mol. The second-order valence-corrected chi connectivity index (χ2v) is 3.35. The first-order valence-electron chi connectivity index (χ1n) is 5.25. The highest BCUT2D eigenvalue weighted by Gasteiger charge is 2.13. The fourth-order valence-electron chi connectivity index (χ4n) is 1.25. The summed E-state index contributed by atoms with van der Waals surface area (Å²) in [5.74, 6) is -0.119. The van der Waals surface area contributed by atoms with Crippen molar-refractivity contribution in [3.05, 3.63) is 12.2 Å². The molecule has 0 saturated carbocycles. The molecule has 82 valence electrons. The number of aliphatic hydroxyl groups excluding tert-OH is 1. The minimum Gasteiger partial charge on any atom is -0.391 e. The van der Waals surface area contributed by atoms with Gasteiger partial charge in [0.05, 0.1) is 6.61 Å². The lowest BCUT2D eigenvalue weighted by Gasteiger charge is -2.21. The SMILES string of the molecule is C=C(CO)C(=O)N(CC)CCCCC. The summed E-state index contributed by atoms with van der Waals surface area (Å²) in [5, 5.41) is 8.77. The van der Waals surface area contributed by atoms with Crippen LogP contribution in [0, 0.1) is 0 Å². The molecule has 1 N–H and O–H groups in total. The maximum absolute atomic E-state index is 11.6. The van der Waals surface area contributed by atoms with Crippen molar-refractivity contribution in [2.75, 3.05) is 19.7 Å². The van der Waals surface area contributed by atoms with Crippen LogP contribution in [0.1, 0.15) is 33.1 Å². The number of aliphatic hydroxyl groups is 1. The number of unbranched alkanes of at least 4 members (excludes halogenated alkanes) is 2. The van der Waals surface area contributed by atoms with Gasteiger partial charge in [0.1, 0.15) is 0 Å². The molecule has 0 bridgehead atoms. The molecule has 0 rings (SSSR count). The minimum absolute atomic E-state index is 0.119. The van der Waals surface area contributed by atoms with Crippen LogP contribution in [-0.2, 0) is 4.79 Å². The van der Waals surface area contributed by atoms with Crippen LogP contribution in [-0.4, -0.2) is 35.6 Å². The van der Waals surface area contributed by atoms with Gasteiger partial charge >= 0.3 is 0 Å². The molecule has 0 heterocycles. The lowest BCUT2D eigenvalue weighted by atomic mass is 10.2. The Morgan fingerprint density at radius 3 is 2.43 bits per heavy atom. The number of carbonyl (C=O) groups is 1. The van der Waals surface area contributed by atoms with Gasteiger partial charge in [0.25, 0.3) is 5.91 Å². The molecule has 3 heteroatoms. The van der Waals surface area contributed by atoms with E-state index in [0.29, 0.717) is 6.54 Å². The molecular formula is C11H21NO2. The number of hydrogen-bond acceptors (Lipinski definition) is 2. The molecule has 0 atom stereocenters. The van der Waals surface area contributed by atoms with Crippen LogP contribution in [0.15, 0.2) is 12.2 Å². The third kappa shape index (κ3) is 4.42. The maximum atomic E-state index is 11.6. The van der Waals surface area contributed by atoms with Crippen molar-refractivity contribution < 1.29 is 9.90 Å². The Bertz CT molecular complexity index is 190. The number of hydrogen-bond donors (Lipinski definition) is 1. The first-order valence-corrected chi connectivity index (χ1v) is 5.25. The van der Waals surface area contributed by atoms with Crippen LogP contribution < -0.4 is 0 Å². The zero-order valence-electron chi connectivity index (χ0n) is 9.25. The van der Waals surface area contributed by atoms with Gasteiger partial charge in [0, 0.05) is 18.7 Å². The summed E-state index contributed by atoms with van der Waals surface area (Å²) in [4.78, 5) is 13.3. The highest BCUT2D eigenvalue weighted by Crippen LogP contribution is 2.03. The topological polar surface area (TPSA) is 40.5 Å². The minimum atomic E-state index is -0.247. The largest absolute Gasteiger partial charge is 0.391 e. The van der Waals surface area contributed by atoms with Crippen LogP contribution in [0.4, 0.5) is 0 Å². The van der Waals surface area contributed by atoms with Crippen LogP contribution in [0.5, 0.6) is 0 Å². The summed E-state index contributed by atoms with van der Waals surface area (Å²) >= 11 is 0. The standard InChI is InChI=1S/C11H21NO2/c1-4-6-7-8-12(5-2)11(14)10(3)9-13/h13H,3-9H2,1-2H3. The van der Waals surface area contributed by atoms with E-state index in [2.05, 4.69) is 13.5 Å². The predicted octanol–water partition coefficient (Wildman–Crippen LogP) is 1.57. The lowest BCUT2D eigenvalue weighted by Crippen LogP contribution is -2.33. The van der Waals surface area contributed by atoms with Gasteiger partial charge < -0.3 is 10.0 Å². The molecule has 0 aliphatic heterocycles. The molecule has 0 aliphatic carbocycles. The Morgan fingerprint density at radius 2 is 2.00 bits per heavy atom. The summed E-state index contributed by atoms with van der Waals surface area (Å²) in [6, 6.07) is 0. The van der Waals surface area contributed by atoms with Gasteiger partial charge in [-0.1, -0.05) is 26.3 Å². The van der Waals surface area contributed by atoms with Crippen LogP contribution >= 0.6 is 0 Å². The van der Waals surface area contributed by atoms with Gasteiger partial charge in [-0.25, -0.2) is 0 Å². The number of amides is 1. The summed E-state index contributed by atoms with van der Waals surface area (Å²) in [7, 11) is 0. The molecule has 0 unspecified atom stereocenters. The summed E-state index contributed by atoms with van der Waals surface area (Å²) in [5.41, 5.74) is 0.281. The highest BCUT2D eigenvalue weighted by atomic mass is 16.3. The molecule has 0 spiro atoms. The number of nitrogens with zero attached hydrogens (tertiary/aromatic N) is 1. The summed E-state index contributed by atoms with van der Waals surface area (Å²) < 4.78 is 0. The van der Waals surface area contributed by atoms with Crippen molar-refractivity contribution in [1.82, 2.24) is 4.90 Å². The van der Waals surface area contributed by atoms with Gasteiger partial charge in [0.2, 0.25) is 0 Å². The second-order valence-electron chi connectivity index (χ2n) is 3.35. The van der Waals surface area contributed by atoms with Crippen LogP contribution in [0.25, 0.3) is 0 Å². The zero-order valence-corrected chi connectivity index (χ0v) is 9.25. The van der Waals surface area contributed by atoms with E-state index in [1.807, 2.05) is 6.92 Å². The first kappa shape index (κ1) is 13.2. The van der Waals surface area contributed by atoms with Gasteiger partial charge in [-0.05, 0) is 13.3 Å². The van der Waals surface area contributed by atoms with Crippen molar-refractivity contribution in [3.8, 4) is 0 Å². The number of likely N-dealkylation sites (N-methyl/N-ethyl adjacent to an activating group) is 1. The van der Waals surface area contributed by atoms with Crippen molar-refractivity contribution in [2.24, 2.45) is 0 Å². The van der Waals surface area contributed by atoms with Crippen molar-refractivity contribution in [2.45, 2.75) is 33.1 Å². The monoisotopic (exact) mass is 199 g/mol. The molecule has 3 nitrogen and oxygen atoms in total. The quantitative estimate of drug-likeness (QED) is 0.499. The molecule has 0 aromatic carbocycles. The first-order chi connectivity index (χ1) is 6.67. The third-order valence-corrected chi connectivity index (χ3v) is 2.19. The van der Waals surface area contributed by atoms with E-state index in [0.717, 1.165) is 25.8 Å². The van der Waals surface area contributed by atoms with E-state index in [-0.39, 0.29) is 18.1 Å². The van der Waals surface area contributed by atoms with E-state index in [1.165, 1.54) is 0 Å². The number of rotatable bonds is 7. The molecule has 0 aliphatic rings. The maximum Gasteiger partial charge on any atom is 0.251 e. The smallest absolute Gasteiger partial charge is 0.251 e. The normalized spacial score (nSPS) is 9.93. The average Bonchev–Trinajstić information content (AvgIpc) is 2.22. The Labute approximate surface area is 86.4 Å². The Hall–Kier alpha value is -0.830. The van der Waals surface area contributed by atoms with Crippen molar-refractivity contribution in [1.29, 1.82) is 0 Å². The lowest BCUT2D eigenvalue weighted by molar-refractivity contribution is -0.127. The Kier molecular flexibility index (Phi) is 7.11. The predicted molar refractivity (Wildman–Crippen MR) is 58.0 cm³/mol. The summed E-state index contributed by atoms with van der Waals surface area (Å²) in [6.45, 7) is 8.80. The molecule has 0 fully saturated rings.